The molecule has 3 rings (SSSR count). The number of rotatable bonds is 4. The molecule has 128 valence electrons. The molecule has 1 aliphatic heterocycles. The van der Waals surface area contributed by atoms with E-state index in [0.717, 1.165) is 44.2 Å². The maximum Gasteiger partial charge on any atom is 0.223 e. The minimum Gasteiger partial charge on any atom is -0.393 e. The minimum absolute atomic E-state index is 0.208. The van der Waals surface area contributed by atoms with Crippen molar-refractivity contribution in [3.8, 4) is 6.07 Å². The lowest BCUT2D eigenvalue weighted by Crippen LogP contribution is -2.45. The highest BCUT2D eigenvalue weighted by Gasteiger charge is 2.38. The summed E-state index contributed by atoms with van der Waals surface area (Å²) in [5, 5.41) is 19.2. The molecule has 4 heteroatoms. The first-order chi connectivity index (χ1) is 11.7. The molecular formula is C20H26N2O2. The van der Waals surface area contributed by atoms with E-state index in [1.807, 2.05) is 17.0 Å². The van der Waals surface area contributed by atoms with Crippen molar-refractivity contribution in [3.63, 3.8) is 0 Å². The van der Waals surface area contributed by atoms with Crippen molar-refractivity contribution in [2.75, 3.05) is 6.54 Å². The van der Waals surface area contributed by atoms with Crippen LogP contribution in [0.4, 0.5) is 0 Å². The number of benzene rings is 1. The molecule has 4 nitrogen and oxygen atoms in total. The Bertz CT molecular complexity index is 605. The molecule has 3 atom stereocenters. The lowest BCUT2D eigenvalue weighted by Gasteiger charge is -2.37. The van der Waals surface area contributed by atoms with Crippen LogP contribution < -0.4 is 0 Å². The second-order valence-corrected chi connectivity index (χ2v) is 7.12. The van der Waals surface area contributed by atoms with E-state index in [9.17, 15) is 9.90 Å². The van der Waals surface area contributed by atoms with Crippen molar-refractivity contribution in [2.24, 2.45) is 5.92 Å². The third kappa shape index (κ3) is 3.79. The number of hydrogen-bond donors (Lipinski definition) is 1. The summed E-state index contributed by atoms with van der Waals surface area (Å²) in [7, 11) is 0. The topological polar surface area (TPSA) is 64.3 Å². The molecule has 1 heterocycles. The number of carbonyl (C=O) groups excluding carboxylic acids is 1. The van der Waals surface area contributed by atoms with Crippen LogP contribution in [0.15, 0.2) is 24.3 Å². The molecule has 0 radical (unpaired) electrons. The number of aliphatic hydroxyl groups excluding tert-OH is 1. The van der Waals surface area contributed by atoms with Gasteiger partial charge in [0.15, 0.2) is 0 Å². The summed E-state index contributed by atoms with van der Waals surface area (Å²) in [5.74, 6) is 0.472. The number of carbonyl (C=O) groups is 1. The molecule has 1 aromatic carbocycles. The van der Waals surface area contributed by atoms with Crippen LogP contribution in [-0.2, 0) is 11.2 Å². The average Bonchev–Trinajstić information content (AvgIpc) is 3.10. The zero-order valence-corrected chi connectivity index (χ0v) is 14.2. The predicted octanol–water partition coefficient (Wildman–Crippen LogP) is 3.03. The van der Waals surface area contributed by atoms with Crippen LogP contribution in [0.3, 0.4) is 0 Å². The normalized spacial score (nSPS) is 27.0. The van der Waals surface area contributed by atoms with Gasteiger partial charge < -0.3 is 10.0 Å². The van der Waals surface area contributed by atoms with Crippen LogP contribution in [0.1, 0.15) is 56.1 Å². The summed E-state index contributed by atoms with van der Waals surface area (Å²) in [6.07, 6.45) is 7.27. The van der Waals surface area contributed by atoms with E-state index in [4.69, 9.17) is 5.26 Å². The molecule has 1 N–H and O–H groups in total. The van der Waals surface area contributed by atoms with Gasteiger partial charge in [-0.2, -0.15) is 5.26 Å². The van der Waals surface area contributed by atoms with Gasteiger partial charge in [-0.05, 0) is 49.8 Å². The van der Waals surface area contributed by atoms with E-state index in [0.29, 0.717) is 18.4 Å². The van der Waals surface area contributed by atoms with Crippen LogP contribution in [-0.4, -0.2) is 34.6 Å². The van der Waals surface area contributed by atoms with Gasteiger partial charge in [0.2, 0.25) is 5.91 Å². The average molecular weight is 326 g/mol. The Morgan fingerprint density at radius 2 is 1.92 bits per heavy atom. The summed E-state index contributed by atoms with van der Waals surface area (Å²) in [6.45, 7) is 0.833. The Kier molecular flexibility index (Phi) is 5.52. The molecule has 0 bridgehead atoms. The highest BCUT2D eigenvalue weighted by molar-refractivity contribution is 5.77. The molecule has 1 saturated carbocycles. The van der Waals surface area contributed by atoms with Crippen LogP contribution in [0.25, 0.3) is 0 Å². The van der Waals surface area contributed by atoms with Crippen LogP contribution in [0.5, 0.6) is 0 Å². The molecule has 1 aromatic rings. The summed E-state index contributed by atoms with van der Waals surface area (Å²) in [6, 6.07) is 9.80. The van der Waals surface area contributed by atoms with Crippen LogP contribution >= 0.6 is 0 Å². The zero-order chi connectivity index (χ0) is 16.9. The summed E-state index contributed by atoms with van der Waals surface area (Å²) in [5.41, 5.74) is 1.74. The maximum absolute atomic E-state index is 12.7. The number of nitrogens with zero attached hydrogens (tertiary/aromatic N) is 2. The Labute approximate surface area is 144 Å². The Morgan fingerprint density at radius 1 is 1.17 bits per heavy atom. The third-order valence-electron chi connectivity index (χ3n) is 5.61. The van der Waals surface area contributed by atoms with Gasteiger partial charge in [0.25, 0.3) is 0 Å². The molecule has 2 aliphatic rings. The SMILES string of the molecule is N#Cc1ccc(CCC(=O)N2CCCC2C2CCCCC2O)cc1. The fourth-order valence-electron chi connectivity index (χ4n) is 4.28. The minimum atomic E-state index is -0.240. The zero-order valence-electron chi connectivity index (χ0n) is 14.2. The fourth-order valence-corrected chi connectivity index (χ4v) is 4.28. The first-order valence-corrected chi connectivity index (χ1v) is 9.15. The molecule has 1 aliphatic carbocycles. The van der Waals surface area contributed by atoms with Crippen molar-refractivity contribution in [1.82, 2.24) is 4.90 Å². The van der Waals surface area contributed by atoms with E-state index < -0.39 is 0 Å². The van der Waals surface area contributed by atoms with E-state index in [1.54, 1.807) is 12.1 Å². The number of likely N-dealkylation sites (tertiary alicyclic amines) is 1. The lowest BCUT2D eigenvalue weighted by atomic mass is 9.80. The molecule has 0 aromatic heterocycles. The van der Waals surface area contributed by atoms with Crippen molar-refractivity contribution in [2.45, 2.75) is 63.5 Å². The highest BCUT2D eigenvalue weighted by Crippen LogP contribution is 2.35. The fraction of sp³-hybridized carbons (Fsp3) is 0.600. The number of nitriles is 1. The first kappa shape index (κ1) is 17.0. The molecule has 2 fully saturated rings. The van der Waals surface area contributed by atoms with Crippen molar-refractivity contribution < 1.29 is 9.90 Å². The highest BCUT2D eigenvalue weighted by atomic mass is 16.3. The quantitative estimate of drug-likeness (QED) is 0.925. The summed E-state index contributed by atoms with van der Waals surface area (Å²) >= 11 is 0. The number of aliphatic hydroxyl groups is 1. The Balaban J connectivity index is 1.58. The van der Waals surface area contributed by atoms with Gasteiger partial charge in [0, 0.05) is 24.9 Å². The van der Waals surface area contributed by atoms with E-state index in [2.05, 4.69) is 6.07 Å². The van der Waals surface area contributed by atoms with Gasteiger partial charge in [0.1, 0.15) is 0 Å². The second kappa shape index (κ2) is 7.81. The lowest BCUT2D eigenvalue weighted by molar-refractivity contribution is -0.134. The number of aryl methyl sites for hydroxylation is 1. The van der Waals surface area contributed by atoms with Gasteiger partial charge in [-0.25, -0.2) is 0 Å². The van der Waals surface area contributed by atoms with Gasteiger partial charge in [-0.3, -0.25) is 4.79 Å². The van der Waals surface area contributed by atoms with Crippen molar-refractivity contribution >= 4 is 5.91 Å². The number of hydrogen-bond acceptors (Lipinski definition) is 3. The second-order valence-electron chi connectivity index (χ2n) is 7.12. The standard InChI is InChI=1S/C20H26N2O2/c21-14-16-9-7-15(8-10-16)11-12-20(24)22-13-3-5-18(22)17-4-1-2-6-19(17)23/h7-10,17-19,23H,1-6,11-13H2. The van der Waals surface area contributed by atoms with Gasteiger partial charge >= 0.3 is 0 Å². The Morgan fingerprint density at radius 3 is 2.62 bits per heavy atom. The van der Waals surface area contributed by atoms with Crippen molar-refractivity contribution in [1.29, 1.82) is 5.26 Å². The van der Waals surface area contributed by atoms with E-state index in [1.165, 1.54) is 6.42 Å². The molecule has 3 unspecified atom stereocenters. The molecule has 1 amide bonds. The summed E-state index contributed by atoms with van der Waals surface area (Å²) < 4.78 is 0. The predicted molar refractivity (Wildman–Crippen MR) is 92.2 cm³/mol. The van der Waals surface area contributed by atoms with Gasteiger partial charge in [0.05, 0.1) is 17.7 Å². The largest absolute Gasteiger partial charge is 0.393 e. The van der Waals surface area contributed by atoms with Crippen molar-refractivity contribution in [3.05, 3.63) is 35.4 Å². The molecule has 24 heavy (non-hydrogen) atoms. The first-order valence-electron chi connectivity index (χ1n) is 9.15. The molecule has 0 spiro atoms. The van der Waals surface area contributed by atoms with E-state index >= 15 is 0 Å². The van der Waals surface area contributed by atoms with E-state index in [-0.39, 0.29) is 24.0 Å². The van der Waals surface area contributed by atoms with Gasteiger partial charge in [-0.1, -0.05) is 25.0 Å². The number of amides is 1. The monoisotopic (exact) mass is 326 g/mol. The van der Waals surface area contributed by atoms with Crippen LogP contribution in [0.2, 0.25) is 0 Å². The third-order valence-corrected chi connectivity index (χ3v) is 5.61. The van der Waals surface area contributed by atoms with Gasteiger partial charge in [-0.15, -0.1) is 0 Å². The molecule has 1 saturated heterocycles. The smallest absolute Gasteiger partial charge is 0.223 e. The molecular weight excluding hydrogens is 300 g/mol. The maximum atomic E-state index is 12.7. The summed E-state index contributed by atoms with van der Waals surface area (Å²) in [4.78, 5) is 14.7. The Hall–Kier alpha value is -1.86. The van der Waals surface area contributed by atoms with Crippen LogP contribution in [0, 0.1) is 17.2 Å².